The molecule has 0 aliphatic carbocycles. The Bertz CT molecular complexity index is 259. The van der Waals surface area contributed by atoms with Crippen molar-refractivity contribution in [3.63, 3.8) is 0 Å². The van der Waals surface area contributed by atoms with E-state index >= 15 is 0 Å². The minimum Gasteiger partial charge on any atom is -0.457 e. The van der Waals surface area contributed by atoms with Crippen molar-refractivity contribution in [2.45, 2.75) is 35.5 Å². The molecule has 15 heavy (non-hydrogen) atoms. The smallest absolute Gasteiger partial charge is 0.303 e. The molecule has 0 bridgehead atoms. The fraction of sp³-hybridized carbons (Fsp3) is 0.889. The van der Waals surface area contributed by atoms with Crippen molar-refractivity contribution in [3.8, 4) is 0 Å². The number of rotatable bonds is 2. The molecule has 5 atom stereocenters. The molecule has 0 aromatic heterocycles. The number of alkyl halides is 1. The zero-order valence-corrected chi connectivity index (χ0v) is 10.7. The van der Waals surface area contributed by atoms with Gasteiger partial charge in [-0.3, -0.25) is 4.79 Å². The first kappa shape index (κ1) is 11.6. The summed E-state index contributed by atoms with van der Waals surface area (Å²) in [6, 6.07) is 0. The summed E-state index contributed by atoms with van der Waals surface area (Å²) in [5, 5.41) is 0. The number of ether oxygens (including phenoxy) is 4. The Morgan fingerprint density at radius 3 is 2.80 bits per heavy atom. The maximum atomic E-state index is 10.9. The van der Waals surface area contributed by atoms with E-state index in [0.29, 0.717) is 6.61 Å². The molecule has 0 aromatic carbocycles. The first-order valence-corrected chi connectivity index (χ1v) is 5.99. The van der Waals surface area contributed by atoms with Crippen LogP contribution in [0.5, 0.6) is 0 Å². The van der Waals surface area contributed by atoms with Gasteiger partial charge in [-0.15, -0.1) is 0 Å². The van der Waals surface area contributed by atoms with E-state index in [2.05, 4.69) is 22.6 Å². The molecule has 0 aromatic rings. The van der Waals surface area contributed by atoms with E-state index in [1.165, 1.54) is 6.92 Å². The summed E-state index contributed by atoms with van der Waals surface area (Å²) in [4.78, 5) is 10.9. The highest BCUT2D eigenvalue weighted by Crippen LogP contribution is 2.37. The number of hydrogen-bond acceptors (Lipinski definition) is 5. The van der Waals surface area contributed by atoms with Crippen LogP contribution in [0.2, 0.25) is 0 Å². The molecule has 5 nitrogen and oxygen atoms in total. The van der Waals surface area contributed by atoms with Gasteiger partial charge in [0.15, 0.2) is 12.4 Å². The van der Waals surface area contributed by atoms with Crippen LogP contribution in [0, 0.1) is 0 Å². The predicted molar refractivity (Wildman–Crippen MR) is 58.8 cm³/mol. The Hall–Kier alpha value is 0.0800. The van der Waals surface area contributed by atoms with Gasteiger partial charge in [0.2, 0.25) is 0 Å². The second-order valence-corrected chi connectivity index (χ2v) is 5.03. The Kier molecular flexibility index (Phi) is 3.49. The maximum absolute atomic E-state index is 10.9. The number of hydrogen-bond donors (Lipinski definition) is 0. The number of carbonyl (C=O) groups excluding carboxylic acids is 1. The molecular weight excluding hydrogens is 315 g/mol. The average Bonchev–Trinajstić information content (AvgIpc) is 2.68. The van der Waals surface area contributed by atoms with Crippen LogP contribution in [0.25, 0.3) is 0 Å². The third-order valence-corrected chi connectivity index (χ3v) is 3.85. The second-order valence-electron chi connectivity index (χ2n) is 3.60. The molecule has 86 valence electrons. The molecule has 0 N–H and O–H groups in total. The molecule has 2 aliphatic rings. The molecule has 0 radical (unpaired) electrons. The summed E-state index contributed by atoms with van der Waals surface area (Å²) >= 11 is 2.24. The summed E-state index contributed by atoms with van der Waals surface area (Å²) in [6.45, 7) is 1.79. The van der Waals surface area contributed by atoms with Crippen LogP contribution in [-0.4, -0.2) is 48.2 Å². The van der Waals surface area contributed by atoms with Crippen LogP contribution >= 0.6 is 22.6 Å². The van der Waals surface area contributed by atoms with Gasteiger partial charge in [-0.25, -0.2) is 0 Å². The fourth-order valence-electron chi connectivity index (χ4n) is 1.93. The third-order valence-electron chi connectivity index (χ3n) is 2.56. The molecule has 2 fully saturated rings. The van der Waals surface area contributed by atoms with Gasteiger partial charge in [-0.1, -0.05) is 22.6 Å². The van der Waals surface area contributed by atoms with Crippen molar-refractivity contribution in [1.82, 2.24) is 0 Å². The molecule has 0 unspecified atom stereocenters. The Morgan fingerprint density at radius 1 is 1.47 bits per heavy atom. The number of halogens is 1. The molecule has 0 spiro atoms. The van der Waals surface area contributed by atoms with E-state index in [1.807, 2.05) is 0 Å². The minimum absolute atomic E-state index is 0.0418. The maximum Gasteiger partial charge on any atom is 0.303 e. The van der Waals surface area contributed by atoms with Crippen molar-refractivity contribution in [2.24, 2.45) is 0 Å². The van der Waals surface area contributed by atoms with Gasteiger partial charge in [0.05, 0.1) is 10.5 Å². The van der Waals surface area contributed by atoms with Crippen molar-refractivity contribution >= 4 is 28.6 Å². The number of esters is 1. The van der Waals surface area contributed by atoms with Gasteiger partial charge in [-0.05, 0) is 0 Å². The molecule has 6 heteroatoms. The fourth-order valence-corrected chi connectivity index (χ4v) is 3.01. The van der Waals surface area contributed by atoms with Crippen molar-refractivity contribution in [1.29, 1.82) is 0 Å². The lowest BCUT2D eigenvalue weighted by molar-refractivity contribution is -0.163. The highest BCUT2D eigenvalue weighted by Gasteiger charge is 2.53. The molecule has 0 amide bonds. The van der Waals surface area contributed by atoms with E-state index in [9.17, 15) is 4.79 Å². The van der Waals surface area contributed by atoms with Gasteiger partial charge in [0.25, 0.3) is 0 Å². The summed E-state index contributed by atoms with van der Waals surface area (Å²) < 4.78 is 21.6. The van der Waals surface area contributed by atoms with Crippen LogP contribution in [-0.2, 0) is 23.7 Å². The van der Waals surface area contributed by atoms with Gasteiger partial charge in [0.1, 0.15) is 12.2 Å². The van der Waals surface area contributed by atoms with Gasteiger partial charge in [-0.2, -0.15) is 0 Å². The van der Waals surface area contributed by atoms with Crippen LogP contribution in [0.1, 0.15) is 6.92 Å². The molecule has 0 saturated carbocycles. The lowest BCUT2D eigenvalue weighted by atomic mass is 10.1. The SMILES string of the molecule is CO[C@@H]1O[C@H]2[C@H](OC[C@H]2OC(C)=O)[C@H]1I. The van der Waals surface area contributed by atoms with Crippen molar-refractivity contribution in [3.05, 3.63) is 0 Å². The van der Waals surface area contributed by atoms with Crippen molar-refractivity contribution in [2.75, 3.05) is 13.7 Å². The first-order valence-electron chi connectivity index (χ1n) is 4.74. The summed E-state index contributed by atoms with van der Waals surface area (Å²) in [5.74, 6) is -0.307. The Balaban J connectivity index is 2.01. The van der Waals surface area contributed by atoms with Crippen LogP contribution < -0.4 is 0 Å². The standard InChI is InChI=1S/C9H13IO5/c1-4(11)14-5-3-13-8-6(10)9(12-2)15-7(5)8/h5-9H,3H2,1-2H3/t5-,6-,7-,8-,9-/m1/s1. The number of carbonyl (C=O) groups is 1. The quantitative estimate of drug-likeness (QED) is 0.420. The van der Waals surface area contributed by atoms with E-state index in [4.69, 9.17) is 18.9 Å². The van der Waals surface area contributed by atoms with Crippen LogP contribution in [0.3, 0.4) is 0 Å². The van der Waals surface area contributed by atoms with E-state index in [1.54, 1.807) is 7.11 Å². The Labute approximate surface area is 102 Å². The topological polar surface area (TPSA) is 54.0 Å². The molecule has 2 heterocycles. The highest BCUT2D eigenvalue weighted by atomic mass is 127. The van der Waals surface area contributed by atoms with Crippen LogP contribution in [0.15, 0.2) is 0 Å². The Morgan fingerprint density at radius 2 is 2.20 bits per heavy atom. The van der Waals surface area contributed by atoms with Crippen LogP contribution in [0.4, 0.5) is 0 Å². The van der Waals surface area contributed by atoms with E-state index in [0.717, 1.165) is 0 Å². The zero-order chi connectivity index (χ0) is 11.0. The van der Waals surface area contributed by atoms with E-state index < -0.39 is 0 Å². The lowest BCUT2D eigenvalue weighted by Gasteiger charge is -2.17. The molecule has 2 aliphatic heterocycles. The largest absolute Gasteiger partial charge is 0.457 e. The molecule has 2 rings (SSSR count). The number of fused-ring (bicyclic) bond motifs is 1. The average molecular weight is 328 g/mol. The predicted octanol–water partition coefficient (Wildman–Crippen LogP) is 0.492. The molecule has 2 saturated heterocycles. The number of methoxy groups -OCH3 is 1. The monoisotopic (exact) mass is 328 g/mol. The van der Waals surface area contributed by atoms with E-state index in [-0.39, 0.29) is 34.5 Å². The first-order chi connectivity index (χ1) is 7.13. The normalized spacial score (nSPS) is 44.1. The summed E-state index contributed by atoms with van der Waals surface area (Å²) in [7, 11) is 1.60. The molecular formula is C9H13IO5. The van der Waals surface area contributed by atoms with Gasteiger partial charge >= 0.3 is 5.97 Å². The second kappa shape index (κ2) is 4.52. The van der Waals surface area contributed by atoms with Gasteiger partial charge in [0, 0.05) is 14.0 Å². The van der Waals surface area contributed by atoms with Crippen molar-refractivity contribution < 1.29 is 23.7 Å². The summed E-state index contributed by atoms with van der Waals surface area (Å²) in [6.07, 6.45) is -0.815. The van der Waals surface area contributed by atoms with Gasteiger partial charge < -0.3 is 18.9 Å². The minimum atomic E-state index is -0.307. The lowest BCUT2D eigenvalue weighted by Crippen LogP contribution is -2.32. The zero-order valence-electron chi connectivity index (χ0n) is 8.51. The highest BCUT2D eigenvalue weighted by molar-refractivity contribution is 14.1. The summed E-state index contributed by atoms with van der Waals surface area (Å²) in [5.41, 5.74) is 0. The third kappa shape index (κ3) is 2.13.